The fourth-order valence-electron chi connectivity index (χ4n) is 2.81. The van der Waals surface area contributed by atoms with Gasteiger partial charge in [-0.3, -0.25) is 4.79 Å². The van der Waals surface area contributed by atoms with Gasteiger partial charge in [0, 0.05) is 12.6 Å². The van der Waals surface area contributed by atoms with Crippen molar-refractivity contribution < 1.29 is 19.1 Å². The Morgan fingerprint density at radius 1 is 1.29 bits per heavy atom. The first-order valence-electron chi connectivity index (χ1n) is 8.02. The summed E-state index contributed by atoms with van der Waals surface area (Å²) in [7, 11) is 1.65. The first-order chi connectivity index (χ1) is 11.8. The summed E-state index contributed by atoms with van der Waals surface area (Å²) in [6.07, 6.45) is 6.47. The van der Waals surface area contributed by atoms with Gasteiger partial charge in [0.1, 0.15) is 0 Å². The molecule has 128 valence electrons. The zero-order chi connectivity index (χ0) is 16.8. The maximum Gasteiger partial charge on any atom is 0.323 e. The number of hydrogen-bond donors (Lipinski definition) is 1. The Hall–Kier alpha value is -2.70. The number of rotatable bonds is 8. The van der Waals surface area contributed by atoms with Gasteiger partial charge in [-0.15, -0.1) is 5.10 Å². The molecule has 1 N–H and O–H groups in total. The molecule has 7 nitrogen and oxygen atoms in total. The molecule has 0 saturated heterocycles. The summed E-state index contributed by atoms with van der Waals surface area (Å²) >= 11 is 0. The summed E-state index contributed by atoms with van der Waals surface area (Å²) in [6.45, 7) is 0.899. The van der Waals surface area contributed by atoms with Crippen molar-refractivity contribution >= 4 is 12.3 Å². The van der Waals surface area contributed by atoms with Gasteiger partial charge in [0.25, 0.3) is 0 Å². The van der Waals surface area contributed by atoms with Gasteiger partial charge in [-0.2, -0.15) is 0 Å². The second-order valence-corrected chi connectivity index (χ2v) is 5.67. The van der Waals surface area contributed by atoms with E-state index in [0.717, 1.165) is 34.7 Å². The van der Waals surface area contributed by atoms with E-state index in [1.807, 2.05) is 18.2 Å². The van der Waals surface area contributed by atoms with Gasteiger partial charge in [0.15, 0.2) is 17.3 Å². The lowest BCUT2D eigenvalue weighted by Gasteiger charge is -2.17. The minimum absolute atomic E-state index is 0.276. The molecule has 1 aromatic carbocycles. The van der Waals surface area contributed by atoms with Crippen LogP contribution in [0, 0.1) is 0 Å². The predicted molar refractivity (Wildman–Crippen MR) is 88.1 cm³/mol. The van der Waals surface area contributed by atoms with Crippen molar-refractivity contribution in [3.05, 3.63) is 36.0 Å². The molecular formula is C17H21N3O4. The maximum absolute atomic E-state index is 10.3. The lowest BCUT2D eigenvalue weighted by Crippen LogP contribution is -2.12. The molecule has 7 heteroatoms. The van der Waals surface area contributed by atoms with Gasteiger partial charge < -0.3 is 19.6 Å². The molecule has 2 aromatic rings. The fraction of sp³-hybridized carbons (Fsp3) is 0.412. The molecule has 1 aliphatic carbocycles. The summed E-state index contributed by atoms with van der Waals surface area (Å²) in [4.78, 5) is 16.0. The van der Waals surface area contributed by atoms with Crippen molar-refractivity contribution in [3.8, 4) is 11.5 Å². The monoisotopic (exact) mass is 331 g/mol. The Morgan fingerprint density at radius 2 is 2.12 bits per heavy atom. The van der Waals surface area contributed by atoms with Gasteiger partial charge >= 0.3 is 6.47 Å². The Kier molecular flexibility index (Phi) is 5.20. The zero-order valence-electron chi connectivity index (χ0n) is 13.6. The predicted octanol–water partition coefficient (Wildman–Crippen LogP) is 2.41. The van der Waals surface area contributed by atoms with Crippen LogP contribution in [0.25, 0.3) is 0 Å². The summed E-state index contributed by atoms with van der Waals surface area (Å²) in [5, 5.41) is 7.22. The molecule has 1 aromatic heterocycles. The van der Waals surface area contributed by atoms with E-state index in [-0.39, 0.29) is 6.10 Å². The van der Waals surface area contributed by atoms with Crippen LogP contribution in [0.3, 0.4) is 0 Å². The highest BCUT2D eigenvalue weighted by molar-refractivity contribution is 5.44. The molecule has 0 spiro atoms. The van der Waals surface area contributed by atoms with Crippen LogP contribution < -0.4 is 19.6 Å². The molecule has 0 bridgehead atoms. The topological polar surface area (TPSA) is 74.6 Å². The molecule has 0 aliphatic heterocycles. The highest BCUT2D eigenvalue weighted by Gasteiger charge is 2.18. The molecule has 0 radical (unpaired) electrons. The molecule has 1 heterocycles. The molecule has 1 saturated carbocycles. The van der Waals surface area contributed by atoms with Gasteiger partial charge in [-0.1, -0.05) is 10.9 Å². The number of carbonyl (C=O) groups is 1. The smallest absolute Gasteiger partial charge is 0.323 e. The number of benzene rings is 1. The number of nitrogens with zero attached hydrogens (tertiary/aromatic N) is 2. The van der Waals surface area contributed by atoms with E-state index < -0.39 is 0 Å². The molecule has 0 amide bonds. The van der Waals surface area contributed by atoms with Crippen LogP contribution in [-0.4, -0.2) is 29.6 Å². The number of anilines is 1. The molecule has 24 heavy (non-hydrogen) atoms. The third-order valence-electron chi connectivity index (χ3n) is 4.01. The number of methoxy groups -OCH3 is 1. The van der Waals surface area contributed by atoms with E-state index >= 15 is 0 Å². The standard InChI is InChI=1S/C17H21N3O4/c1-22-15-7-6-13(10-16(15)24-14-4-2-3-5-14)11-18-17-8-9-20(19-17)23-12-21/h6-10,12,14H,2-5,11H2,1H3,(H,18,19). The average Bonchev–Trinajstić information content (AvgIpc) is 3.25. The van der Waals surface area contributed by atoms with Crippen LogP contribution in [0.2, 0.25) is 0 Å². The van der Waals surface area contributed by atoms with Crippen molar-refractivity contribution in [1.82, 2.24) is 9.94 Å². The van der Waals surface area contributed by atoms with Gasteiger partial charge in [0.2, 0.25) is 0 Å². The number of nitrogens with one attached hydrogen (secondary N) is 1. The van der Waals surface area contributed by atoms with Gasteiger partial charge in [0.05, 0.1) is 19.4 Å². The summed E-state index contributed by atoms with van der Waals surface area (Å²) in [5.74, 6) is 2.14. The quantitative estimate of drug-likeness (QED) is 0.749. The largest absolute Gasteiger partial charge is 0.493 e. The first kappa shape index (κ1) is 16.2. The van der Waals surface area contributed by atoms with Crippen molar-refractivity contribution in [2.45, 2.75) is 38.3 Å². The van der Waals surface area contributed by atoms with Crippen molar-refractivity contribution in [3.63, 3.8) is 0 Å². The van der Waals surface area contributed by atoms with Crippen LogP contribution in [0.1, 0.15) is 31.2 Å². The second kappa shape index (κ2) is 7.72. The summed E-state index contributed by atoms with van der Waals surface area (Å²) in [6, 6.07) is 7.60. The van der Waals surface area contributed by atoms with Crippen molar-refractivity contribution in [1.29, 1.82) is 0 Å². The third kappa shape index (κ3) is 3.98. The third-order valence-corrected chi connectivity index (χ3v) is 4.01. The minimum atomic E-state index is 0.276. The Labute approximate surface area is 140 Å². The summed E-state index contributed by atoms with van der Waals surface area (Å²) < 4.78 is 11.5. The second-order valence-electron chi connectivity index (χ2n) is 5.67. The van der Waals surface area contributed by atoms with Crippen LogP contribution in [-0.2, 0) is 11.3 Å². The van der Waals surface area contributed by atoms with E-state index in [1.54, 1.807) is 19.4 Å². The van der Waals surface area contributed by atoms with E-state index in [4.69, 9.17) is 9.47 Å². The van der Waals surface area contributed by atoms with Gasteiger partial charge in [-0.25, -0.2) is 0 Å². The minimum Gasteiger partial charge on any atom is -0.493 e. The number of hydrogen-bond acceptors (Lipinski definition) is 6. The number of aromatic nitrogens is 2. The Bertz CT molecular complexity index is 680. The van der Waals surface area contributed by atoms with E-state index in [2.05, 4.69) is 15.3 Å². The van der Waals surface area contributed by atoms with Crippen LogP contribution in [0.5, 0.6) is 11.5 Å². The van der Waals surface area contributed by atoms with Crippen molar-refractivity contribution in [2.75, 3.05) is 12.4 Å². The Morgan fingerprint density at radius 3 is 2.88 bits per heavy atom. The maximum atomic E-state index is 10.3. The highest BCUT2D eigenvalue weighted by Crippen LogP contribution is 2.32. The SMILES string of the molecule is COc1ccc(CNc2ccn(OC=O)n2)cc1OC1CCCC1. The molecule has 0 unspecified atom stereocenters. The first-order valence-corrected chi connectivity index (χ1v) is 8.02. The molecule has 1 fully saturated rings. The molecular weight excluding hydrogens is 310 g/mol. The summed E-state index contributed by atoms with van der Waals surface area (Å²) in [5.41, 5.74) is 1.05. The van der Waals surface area contributed by atoms with Crippen LogP contribution in [0.4, 0.5) is 5.82 Å². The van der Waals surface area contributed by atoms with E-state index in [1.165, 1.54) is 12.8 Å². The lowest BCUT2D eigenvalue weighted by molar-refractivity contribution is -0.130. The van der Waals surface area contributed by atoms with Crippen molar-refractivity contribution in [2.24, 2.45) is 0 Å². The molecule has 0 atom stereocenters. The number of ether oxygens (including phenoxy) is 2. The average molecular weight is 331 g/mol. The van der Waals surface area contributed by atoms with Crippen LogP contribution >= 0.6 is 0 Å². The normalized spacial score (nSPS) is 14.4. The Balaban J connectivity index is 1.64. The zero-order valence-corrected chi connectivity index (χ0v) is 13.6. The lowest BCUT2D eigenvalue weighted by atomic mass is 10.2. The fourth-order valence-corrected chi connectivity index (χ4v) is 2.81. The van der Waals surface area contributed by atoms with Crippen LogP contribution in [0.15, 0.2) is 30.5 Å². The molecule has 1 aliphatic rings. The molecule has 3 rings (SSSR count). The van der Waals surface area contributed by atoms with E-state index in [0.29, 0.717) is 18.8 Å². The van der Waals surface area contributed by atoms with E-state index in [9.17, 15) is 4.79 Å². The van der Waals surface area contributed by atoms with Gasteiger partial charge in [-0.05, 0) is 43.4 Å². The number of carbonyl (C=O) groups excluding carboxylic acids is 1. The highest BCUT2D eigenvalue weighted by atomic mass is 16.7.